The van der Waals surface area contributed by atoms with E-state index in [9.17, 15) is 4.79 Å². The van der Waals surface area contributed by atoms with Crippen LogP contribution in [0.4, 0.5) is 5.69 Å². The Morgan fingerprint density at radius 2 is 1.62 bits per heavy atom. The van der Waals surface area contributed by atoms with Crippen LogP contribution in [0.15, 0.2) is 85.1 Å². The summed E-state index contributed by atoms with van der Waals surface area (Å²) in [4.78, 5) is 19.7. The second-order valence-corrected chi connectivity index (χ2v) is 9.75. The molecule has 0 radical (unpaired) electrons. The van der Waals surface area contributed by atoms with Crippen LogP contribution < -0.4 is 10.6 Å². The summed E-state index contributed by atoms with van der Waals surface area (Å²) in [5.41, 5.74) is 7.64. The highest BCUT2D eigenvalue weighted by Crippen LogP contribution is 2.43. The lowest BCUT2D eigenvalue weighted by Crippen LogP contribution is -2.33. The zero-order valence-electron chi connectivity index (χ0n) is 21.3. The Kier molecular flexibility index (Phi) is 7.06. The van der Waals surface area contributed by atoms with Gasteiger partial charge in [0.25, 0.3) is 0 Å². The summed E-state index contributed by atoms with van der Waals surface area (Å²) in [6, 6.07) is 25.7. The third-order valence-corrected chi connectivity index (χ3v) is 7.50. The Labute approximate surface area is 223 Å². The summed E-state index contributed by atoms with van der Waals surface area (Å²) in [6.07, 6.45) is 2.13. The van der Waals surface area contributed by atoms with Crippen molar-refractivity contribution in [2.45, 2.75) is 39.3 Å². The number of para-hydroxylation sites is 2. The molecular formula is C30H31N5OS. The van der Waals surface area contributed by atoms with Crippen molar-refractivity contribution in [1.82, 2.24) is 19.8 Å². The summed E-state index contributed by atoms with van der Waals surface area (Å²) in [6.45, 7) is 6.99. The number of carbonyl (C=O) groups excluding carboxylic acids is 1. The number of aromatic nitrogens is 2. The number of hydrogen-bond donors (Lipinski definition) is 2. The topological polar surface area (TPSA) is 62.2 Å². The molecule has 1 aliphatic rings. The Morgan fingerprint density at radius 3 is 2.30 bits per heavy atom. The molecule has 6 nitrogen and oxygen atoms in total. The lowest BCUT2D eigenvalue weighted by atomic mass is 9.93. The molecule has 0 unspecified atom stereocenters. The Balaban J connectivity index is 1.51. The van der Waals surface area contributed by atoms with Crippen molar-refractivity contribution in [2.75, 3.05) is 11.9 Å². The molecule has 1 aliphatic heterocycles. The summed E-state index contributed by atoms with van der Waals surface area (Å²) in [5, 5.41) is 7.15. The number of rotatable bonds is 7. The predicted octanol–water partition coefficient (Wildman–Crippen LogP) is 5.80. The summed E-state index contributed by atoms with van der Waals surface area (Å²) >= 11 is 5.84. The Morgan fingerprint density at radius 1 is 0.946 bits per heavy atom. The van der Waals surface area contributed by atoms with Gasteiger partial charge in [-0.05, 0) is 75.0 Å². The van der Waals surface area contributed by atoms with Crippen molar-refractivity contribution in [2.24, 2.45) is 0 Å². The maximum atomic E-state index is 12.8. The van der Waals surface area contributed by atoms with Crippen molar-refractivity contribution in [3.8, 4) is 5.69 Å². The third kappa shape index (κ3) is 4.87. The number of pyridine rings is 1. The first-order valence-corrected chi connectivity index (χ1v) is 12.9. The number of anilines is 1. The van der Waals surface area contributed by atoms with Crippen LogP contribution in [-0.2, 0) is 4.79 Å². The largest absolute Gasteiger partial charge is 0.352 e. The van der Waals surface area contributed by atoms with Gasteiger partial charge in [-0.2, -0.15) is 0 Å². The van der Waals surface area contributed by atoms with E-state index in [1.54, 1.807) is 0 Å². The van der Waals surface area contributed by atoms with Gasteiger partial charge in [0.05, 0.1) is 17.8 Å². The lowest BCUT2D eigenvalue weighted by Gasteiger charge is -2.29. The Hall–Kier alpha value is -3.97. The van der Waals surface area contributed by atoms with Crippen molar-refractivity contribution in [1.29, 1.82) is 0 Å². The van der Waals surface area contributed by atoms with Gasteiger partial charge in [-0.3, -0.25) is 9.78 Å². The molecule has 188 valence electrons. The number of amides is 1. The monoisotopic (exact) mass is 509 g/mol. The second kappa shape index (κ2) is 10.6. The lowest BCUT2D eigenvalue weighted by molar-refractivity contribution is -0.116. The SMILES string of the molecule is Cc1c([C@H]2[C@@H](c3ccccn3)NC(=S)N2CCC(=O)Nc2ccccc2)c(C)n(-c2ccccc2)c1C. The minimum atomic E-state index is -0.130. The van der Waals surface area contributed by atoms with Crippen molar-refractivity contribution in [3.05, 3.63) is 113 Å². The van der Waals surface area contributed by atoms with Crippen LogP contribution in [0.2, 0.25) is 0 Å². The van der Waals surface area contributed by atoms with E-state index in [4.69, 9.17) is 12.2 Å². The van der Waals surface area contributed by atoms with E-state index >= 15 is 0 Å². The van der Waals surface area contributed by atoms with Gasteiger partial charge in [-0.25, -0.2) is 0 Å². The molecule has 1 saturated heterocycles. The fraction of sp³-hybridized carbons (Fsp3) is 0.233. The van der Waals surface area contributed by atoms with Crippen molar-refractivity contribution in [3.63, 3.8) is 0 Å². The fourth-order valence-electron chi connectivity index (χ4n) is 5.33. The predicted molar refractivity (Wildman–Crippen MR) is 152 cm³/mol. The van der Waals surface area contributed by atoms with Gasteiger partial charge in [-0.1, -0.05) is 42.5 Å². The fourth-order valence-corrected chi connectivity index (χ4v) is 5.66. The number of thiocarbonyl (C=S) groups is 1. The standard InChI is InChI=1S/C30H31N5OS/c1-20-21(2)35(24-14-8-5-9-15-24)22(3)27(20)29-28(25-16-10-11-18-31-25)33-30(37)34(29)19-17-26(36)32-23-12-6-4-7-13-23/h4-16,18,28-29H,17,19H2,1-3H3,(H,32,36)(H,33,37)/t28-,29+/m1/s1. The van der Waals surface area contributed by atoms with Crippen LogP contribution >= 0.6 is 12.2 Å². The first-order valence-electron chi connectivity index (χ1n) is 12.5. The van der Waals surface area contributed by atoms with Gasteiger partial charge in [-0.15, -0.1) is 0 Å². The van der Waals surface area contributed by atoms with Gasteiger partial charge in [0.1, 0.15) is 0 Å². The third-order valence-electron chi connectivity index (χ3n) is 7.15. The highest BCUT2D eigenvalue weighted by molar-refractivity contribution is 7.80. The molecule has 7 heteroatoms. The summed E-state index contributed by atoms with van der Waals surface area (Å²) in [5.74, 6) is -0.0412. The van der Waals surface area contributed by atoms with Gasteiger partial charge in [0.2, 0.25) is 5.91 Å². The molecule has 2 aromatic heterocycles. The number of carbonyl (C=O) groups is 1. The van der Waals surface area contributed by atoms with E-state index in [-0.39, 0.29) is 18.0 Å². The maximum absolute atomic E-state index is 12.8. The normalized spacial score (nSPS) is 17.1. The van der Waals surface area contributed by atoms with Gasteiger partial charge in [0, 0.05) is 47.5 Å². The minimum Gasteiger partial charge on any atom is -0.352 e. The summed E-state index contributed by atoms with van der Waals surface area (Å²) in [7, 11) is 0. The summed E-state index contributed by atoms with van der Waals surface area (Å²) < 4.78 is 2.31. The van der Waals surface area contributed by atoms with E-state index in [1.807, 2.05) is 60.8 Å². The minimum absolute atomic E-state index is 0.0412. The van der Waals surface area contributed by atoms with Crippen LogP contribution in [0.3, 0.4) is 0 Å². The maximum Gasteiger partial charge on any atom is 0.226 e. The van der Waals surface area contributed by atoms with Crippen molar-refractivity contribution >= 4 is 28.9 Å². The smallest absolute Gasteiger partial charge is 0.226 e. The molecular weight excluding hydrogens is 478 g/mol. The van der Waals surface area contributed by atoms with Crippen molar-refractivity contribution < 1.29 is 4.79 Å². The van der Waals surface area contributed by atoms with Gasteiger partial charge < -0.3 is 20.1 Å². The molecule has 5 rings (SSSR count). The van der Waals surface area contributed by atoms with E-state index in [0.29, 0.717) is 18.1 Å². The first-order chi connectivity index (χ1) is 18.0. The van der Waals surface area contributed by atoms with Crippen LogP contribution in [0.25, 0.3) is 5.69 Å². The number of nitrogens with one attached hydrogen (secondary N) is 2. The van der Waals surface area contributed by atoms with E-state index in [1.165, 1.54) is 16.8 Å². The van der Waals surface area contributed by atoms with Gasteiger partial charge in [0.15, 0.2) is 5.11 Å². The highest BCUT2D eigenvalue weighted by Gasteiger charge is 2.42. The molecule has 1 fully saturated rings. The zero-order valence-corrected chi connectivity index (χ0v) is 22.1. The Bertz CT molecular complexity index is 1400. The van der Waals surface area contributed by atoms with E-state index in [0.717, 1.165) is 22.8 Å². The van der Waals surface area contributed by atoms with E-state index < -0.39 is 0 Å². The number of nitrogens with zero attached hydrogens (tertiary/aromatic N) is 3. The molecule has 3 heterocycles. The number of hydrogen-bond acceptors (Lipinski definition) is 3. The molecule has 4 aromatic rings. The molecule has 2 N–H and O–H groups in total. The average Bonchev–Trinajstić information content (AvgIpc) is 3.35. The molecule has 0 saturated carbocycles. The second-order valence-electron chi connectivity index (χ2n) is 9.36. The first kappa shape index (κ1) is 24.7. The molecule has 0 bridgehead atoms. The quantitative estimate of drug-likeness (QED) is 0.309. The molecule has 2 atom stereocenters. The van der Waals surface area contributed by atoms with Crippen LogP contribution in [0.5, 0.6) is 0 Å². The molecule has 1 amide bonds. The number of benzene rings is 2. The molecule has 2 aromatic carbocycles. The van der Waals surface area contributed by atoms with E-state index in [2.05, 4.69) is 70.1 Å². The molecule has 0 spiro atoms. The van der Waals surface area contributed by atoms with Crippen LogP contribution in [0, 0.1) is 20.8 Å². The highest BCUT2D eigenvalue weighted by atomic mass is 32.1. The van der Waals surface area contributed by atoms with Crippen LogP contribution in [-0.4, -0.2) is 32.0 Å². The van der Waals surface area contributed by atoms with Crippen LogP contribution in [0.1, 0.15) is 46.7 Å². The zero-order chi connectivity index (χ0) is 25.9. The molecule has 0 aliphatic carbocycles. The average molecular weight is 510 g/mol. The van der Waals surface area contributed by atoms with Gasteiger partial charge >= 0.3 is 0 Å². The molecule has 37 heavy (non-hydrogen) atoms.